The van der Waals surface area contributed by atoms with Gasteiger partial charge in [-0.2, -0.15) is 0 Å². The summed E-state index contributed by atoms with van der Waals surface area (Å²) >= 11 is 0. The molecule has 0 aromatic heterocycles. The number of nitrogens with two attached hydrogens (primary N) is 8. The molecule has 20 heteroatoms. The maximum Gasteiger partial charge on any atom is 0.243 e. The SMILES string of the molecule is CC(C)[C@H](NC(=O)[C@H](CCCN=C(N)N)NC(=O)[C@@H](N)CCCN=C(N)N)C(=O)N[C@@H](CCCN=C(N)N)C(=O)NCc1ccc(C(=N)N)cc1. The van der Waals surface area contributed by atoms with E-state index in [1.165, 1.54) is 0 Å². The second-order valence-corrected chi connectivity index (χ2v) is 12.1. The summed E-state index contributed by atoms with van der Waals surface area (Å²) in [5, 5.41) is 18.5. The molecule has 1 aromatic rings. The third-order valence-electron chi connectivity index (χ3n) is 7.44. The maximum atomic E-state index is 13.6. The number of nitrogens with one attached hydrogen (secondary N) is 5. The van der Waals surface area contributed by atoms with E-state index in [9.17, 15) is 19.2 Å². The van der Waals surface area contributed by atoms with Gasteiger partial charge in [0.05, 0.1) is 6.04 Å². The molecule has 1 aromatic carbocycles. The van der Waals surface area contributed by atoms with Gasteiger partial charge in [0, 0.05) is 31.7 Å². The molecular weight excluding hydrogens is 660 g/mol. The van der Waals surface area contributed by atoms with E-state index in [2.05, 4.69) is 36.2 Å². The largest absolute Gasteiger partial charge is 0.384 e. The van der Waals surface area contributed by atoms with Crippen LogP contribution in [0.4, 0.5) is 0 Å². The van der Waals surface area contributed by atoms with Crippen LogP contribution in [-0.2, 0) is 25.7 Å². The van der Waals surface area contributed by atoms with Crippen molar-refractivity contribution in [3.05, 3.63) is 35.4 Å². The fourth-order valence-corrected chi connectivity index (χ4v) is 4.64. The first kappa shape index (κ1) is 43.4. The van der Waals surface area contributed by atoms with Crippen molar-refractivity contribution in [2.75, 3.05) is 19.6 Å². The molecule has 0 bridgehead atoms. The zero-order valence-corrected chi connectivity index (χ0v) is 29.4. The first-order valence-electron chi connectivity index (χ1n) is 16.6. The van der Waals surface area contributed by atoms with Gasteiger partial charge in [0.25, 0.3) is 0 Å². The van der Waals surface area contributed by atoms with Crippen LogP contribution in [0.15, 0.2) is 39.2 Å². The molecule has 0 aliphatic rings. The Morgan fingerprint density at radius 3 is 1.55 bits per heavy atom. The highest BCUT2D eigenvalue weighted by Gasteiger charge is 2.32. The second-order valence-electron chi connectivity index (χ2n) is 12.1. The van der Waals surface area contributed by atoms with E-state index in [4.69, 9.17) is 51.3 Å². The molecule has 1 rings (SSSR count). The van der Waals surface area contributed by atoms with Gasteiger partial charge in [-0.15, -0.1) is 0 Å². The molecule has 0 unspecified atom stereocenters. The van der Waals surface area contributed by atoms with Gasteiger partial charge in [0.1, 0.15) is 24.0 Å². The van der Waals surface area contributed by atoms with Gasteiger partial charge in [-0.25, -0.2) is 0 Å². The molecule has 0 aliphatic heterocycles. The predicted octanol–water partition coefficient (Wildman–Crippen LogP) is -3.81. The standard InChI is InChI=1S/C31H56N16O4/c1-17(2)23(47-27(50)22(8-5-15-43-31(39)40)45-25(48)20(32)6-3-13-41-29(35)36)28(51)46-21(7-4-14-42-30(37)38)26(49)44-16-18-9-11-19(12-10-18)24(33)34/h9-12,17,20-23H,3-8,13-16,32H2,1-2H3,(H3,33,34)(H,44,49)(H,45,48)(H,46,51)(H,47,50)(H4,35,36,41)(H4,37,38,42)(H4,39,40,43)/t20-,21-,22-,23-/m0/s1. The van der Waals surface area contributed by atoms with Crippen molar-refractivity contribution < 1.29 is 19.2 Å². The Morgan fingerprint density at radius 1 is 0.647 bits per heavy atom. The van der Waals surface area contributed by atoms with Crippen molar-refractivity contribution in [1.29, 1.82) is 5.41 Å². The number of aliphatic imine (C=N–C) groups is 3. The van der Waals surface area contributed by atoms with E-state index < -0.39 is 53.7 Å². The molecule has 20 nitrogen and oxygen atoms in total. The molecular formula is C31H56N16O4. The minimum absolute atomic E-state index is 0.0792. The van der Waals surface area contributed by atoms with Gasteiger partial charge in [-0.05, 0) is 50.0 Å². The number of hydrogen-bond donors (Lipinski definition) is 13. The van der Waals surface area contributed by atoms with E-state index in [-0.39, 0.29) is 69.2 Å². The average Bonchev–Trinajstić information content (AvgIpc) is 3.06. The molecule has 0 saturated carbocycles. The van der Waals surface area contributed by atoms with E-state index in [1.54, 1.807) is 38.1 Å². The molecule has 0 heterocycles. The number of carbonyl (C=O) groups excluding carboxylic acids is 4. The number of nitrogen functional groups attached to an aromatic ring is 1. The lowest BCUT2D eigenvalue weighted by Gasteiger charge is -2.27. The number of amidine groups is 1. The summed E-state index contributed by atoms with van der Waals surface area (Å²) in [6.07, 6.45) is 1.67. The van der Waals surface area contributed by atoms with Crippen molar-refractivity contribution in [3.8, 4) is 0 Å². The molecule has 21 N–H and O–H groups in total. The van der Waals surface area contributed by atoms with Crippen LogP contribution >= 0.6 is 0 Å². The zero-order chi connectivity index (χ0) is 38.5. The Kier molecular flexibility index (Phi) is 19.4. The van der Waals surface area contributed by atoms with Crippen LogP contribution in [0.25, 0.3) is 0 Å². The minimum Gasteiger partial charge on any atom is -0.384 e. The maximum absolute atomic E-state index is 13.6. The Bertz CT molecular complexity index is 1380. The van der Waals surface area contributed by atoms with Gasteiger partial charge in [-0.1, -0.05) is 38.1 Å². The average molecular weight is 717 g/mol. The van der Waals surface area contributed by atoms with Crippen molar-refractivity contribution in [1.82, 2.24) is 21.3 Å². The van der Waals surface area contributed by atoms with Crippen LogP contribution in [0.1, 0.15) is 63.5 Å². The first-order chi connectivity index (χ1) is 24.0. The van der Waals surface area contributed by atoms with Gasteiger partial charge < -0.3 is 67.1 Å². The van der Waals surface area contributed by atoms with E-state index >= 15 is 0 Å². The lowest BCUT2D eigenvalue weighted by molar-refractivity contribution is -0.135. The summed E-state index contributed by atoms with van der Waals surface area (Å²) in [6.45, 7) is 4.27. The van der Waals surface area contributed by atoms with Crippen molar-refractivity contribution in [2.45, 2.75) is 83.1 Å². The minimum atomic E-state index is -1.09. The number of nitrogens with zero attached hydrogens (tertiary/aromatic N) is 3. The zero-order valence-electron chi connectivity index (χ0n) is 29.4. The van der Waals surface area contributed by atoms with Crippen LogP contribution in [0.5, 0.6) is 0 Å². The quantitative estimate of drug-likeness (QED) is 0.0294. The molecule has 51 heavy (non-hydrogen) atoms. The lowest BCUT2D eigenvalue weighted by Crippen LogP contribution is -2.59. The first-order valence-corrected chi connectivity index (χ1v) is 16.6. The number of hydrogen-bond acceptors (Lipinski definition) is 9. The van der Waals surface area contributed by atoms with E-state index in [0.717, 1.165) is 5.56 Å². The summed E-state index contributed by atoms with van der Waals surface area (Å²) in [5.41, 5.74) is 45.2. The van der Waals surface area contributed by atoms with Gasteiger partial charge in [0.15, 0.2) is 17.9 Å². The van der Waals surface area contributed by atoms with Crippen molar-refractivity contribution in [2.24, 2.45) is 66.8 Å². The highest BCUT2D eigenvalue weighted by molar-refractivity contribution is 5.95. The van der Waals surface area contributed by atoms with Crippen LogP contribution in [0.2, 0.25) is 0 Å². The lowest BCUT2D eigenvalue weighted by atomic mass is 10.0. The van der Waals surface area contributed by atoms with E-state index in [0.29, 0.717) is 24.8 Å². The summed E-state index contributed by atoms with van der Waals surface area (Å²) < 4.78 is 0. The highest BCUT2D eigenvalue weighted by Crippen LogP contribution is 2.09. The summed E-state index contributed by atoms with van der Waals surface area (Å²) in [6, 6.07) is 2.63. The smallest absolute Gasteiger partial charge is 0.243 e. The highest BCUT2D eigenvalue weighted by atomic mass is 16.2. The fourth-order valence-electron chi connectivity index (χ4n) is 4.64. The molecule has 4 atom stereocenters. The van der Waals surface area contributed by atoms with Gasteiger partial charge in [-0.3, -0.25) is 39.6 Å². The number of rotatable bonds is 23. The number of benzene rings is 1. The normalized spacial score (nSPS) is 13.0. The molecule has 0 fully saturated rings. The topological polar surface area (TPSA) is 385 Å². The van der Waals surface area contributed by atoms with Crippen LogP contribution in [0, 0.1) is 11.3 Å². The number of amides is 4. The Hall–Kier alpha value is -5.66. The second kappa shape index (κ2) is 22.9. The molecule has 0 spiro atoms. The Balaban J connectivity index is 3.10. The monoisotopic (exact) mass is 716 g/mol. The van der Waals surface area contributed by atoms with Crippen LogP contribution in [-0.4, -0.2) is 91.1 Å². The number of carbonyl (C=O) groups is 4. The van der Waals surface area contributed by atoms with Crippen molar-refractivity contribution in [3.63, 3.8) is 0 Å². The van der Waals surface area contributed by atoms with Crippen LogP contribution < -0.4 is 67.1 Å². The molecule has 0 saturated heterocycles. The van der Waals surface area contributed by atoms with Crippen LogP contribution in [0.3, 0.4) is 0 Å². The summed E-state index contributed by atoms with van der Waals surface area (Å²) in [7, 11) is 0. The van der Waals surface area contributed by atoms with Gasteiger partial charge in [0.2, 0.25) is 23.6 Å². The third-order valence-corrected chi connectivity index (χ3v) is 7.44. The molecule has 284 valence electrons. The Morgan fingerprint density at radius 2 is 1.10 bits per heavy atom. The molecule has 0 aliphatic carbocycles. The molecule has 4 amide bonds. The number of guanidine groups is 3. The third kappa shape index (κ3) is 18.1. The Labute approximate surface area is 297 Å². The van der Waals surface area contributed by atoms with E-state index in [1.807, 2.05) is 0 Å². The van der Waals surface area contributed by atoms with Gasteiger partial charge >= 0.3 is 0 Å². The fraction of sp³-hybridized carbons (Fsp3) is 0.548. The summed E-state index contributed by atoms with van der Waals surface area (Å²) in [5.74, 6) is -3.13. The predicted molar refractivity (Wildman–Crippen MR) is 198 cm³/mol. The van der Waals surface area contributed by atoms with Crippen molar-refractivity contribution >= 4 is 47.3 Å². The summed E-state index contributed by atoms with van der Waals surface area (Å²) in [4.78, 5) is 65.2. The molecule has 0 radical (unpaired) electrons.